The molecule has 1 saturated heterocycles. The molecule has 1 aromatic heterocycles. The van der Waals surface area contributed by atoms with Gasteiger partial charge in [0.25, 0.3) is 0 Å². The lowest BCUT2D eigenvalue weighted by atomic mass is 10.3. The first-order valence-electron chi connectivity index (χ1n) is 3.74. The van der Waals surface area contributed by atoms with E-state index in [0.29, 0.717) is 6.04 Å². The van der Waals surface area contributed by atoms with Crippen molar-refractivity contribution in [2.75, 3.05) is 18.9 Å². The lowest BCUT2D eigenvalue weighted by Crippen LogP contribution is -2.12. The van der Waals surface area contributed by atoms with Gasteiger partial charge in [0.1, 0.15) is 5.82 Å². The smallest absolute Gasteiger partial charge is 0.122 e. The van der Waals surface area contributed by atoms with Crippen LogP contribution in [-0.2, 0) is 4.74 Å². The minimum absolute atomic E-state index is 0.352. The van der Waals surface area contributed by atoms with Gasteiger partial charge in [-0.1, -0.05) is 0 Å². The van der Waals surface area contributed by atoms with Gasteiger partial charge >= 0.3 is 0 Å². The molecule has 11 heavy (non-hydrogen) atoms. The standard InChI is InChI=1S/C7H11N3O/c8-7-1-3-9-10(7)6-2-4-11-5-6/h1,3,6H,2,4-5,8H2. The van der Waals surface area contributed by atoms with Crippen LogP contribution in [-0.4, -0.2) is 23.0 Å². The maximum Gasteiger partial charge on any atom is 0.122 e. The van der Waals surface area contributed by atoms with Gasteiger partial charge in [-0.2, -0.15) is 5.10 Å². The van der Waals surface area contributed by atoms with E-state index in [1.165, 1.54) is 0 Å². The van der Waals surface area contributed by atoms with E-state index in [0.717, 1.165) is 25.5 Å². The van der Waals surface area contributed by atoms with Crippen molar-refractivity contribution in [1.29, 1.82) is 0 Å². The van der Waals surface area contributed by atoms with Crippen LogP contribution in [0.1, 0.15) is 12.5 Å². The monoisotopic (exact) mass is 153 g/mol. The molecule has 0 bridgehead atoms. The summed E-state index contributed by atoms with van der Waals surface area (Å²) in [6, 6.07) is 2.16. The molecule has 4 heteroatoms. The Hall–Kier alpha value is -1.03. The van der Waals surface area contributed by atoms with Crippen LogP contribution in [0.3, 0.4) is 0 Å². The van der Waals surface area contributed by atoms with Gasteiger partial charge in [0, 0.05) is 6.61 Å². The van der Waals surface area contributed by atoms with Crippen LogP contribution in [0, 0.1) is 0 Å². The fraction of sp³-hybridized carbons (Fsp3) is 0.571. The molecule has 2 rings (SSSR count). The molecule has 4 nitrogen and oxygen atoms in total. The van der Waals surface area contributed by atoms with Crippen LogP contribution in [0.15, 0.2) is 12.3 Å². The minimum Gasteiger partial charge on any atom is -0.384 e. The molecular weight excluding hydrogens is 142 g/mol. The molecule has 1 aromatic rings. The van der Waals surface area contributed by atoms with Gasteiger partial charge in [0.05, 0.1) is 18.8 Å². The summed E-state index contributed by atoms with van der Waals surface area (Å²) in [4.78, 5) is 0. The molecule has 1 fully saturated rings. The molecule has 2 heterocycles. The Morgan fingerprint density at radius 2 is 2.64 bits per heavy atom. The van der Waals surface area contributed by atoms with Gasteiger partial charge in [-0.05, 0) is 12.5 Å². The third kappa shape index (κ3) is 1.09. The molecule has 0 saturated carbocycles. The van der Waals surface area contributed by atoms with Crippen LogP contribution in [0.5, 0.6) is 0 Å². The van der Waals surface area contributed by atoms with Crippen molar-refractivity contribution >= 4 is 5.82 Å². The first-order chi connectivity index (χ1) is 5.38. The van der Waals surface area contributed by atoms with Crippen LogP contribution < -0.4 is 5.73 Å². The van der Waals surface area contributed by atoms with E-state index in [9.17, 15) is 0 Å². The molecule has 1 aliphatic heterocycles. The second-order valence-electron chi connectivity index (χ2n) is 2.72. The minimum atomic E-state index is 0.352. The Labute approximate surface area is 64.9 Å². The lowest BCUT2D eigenvalue weighted by molar-refractivity contribution is 0.185. The zero-order chi connectivity index (χ0) is 7.68. The Balaban J connectivity index is 2.21. The zero-order valence-corrected chi connectivity index (χ0v) is 6.23. The van der Waals surface area contributed by atoms with Crippen LogP contribution >= 0.6 is 0 Å². The summed E-state index contributed by atoms with van der Waals surface area (Å²) in [7, 11) is 0. The Bertz CT molecular complexity index is 240. The van der Waals surface area contributed by atoms with E-state index in [1.54, 1.807) is 12.3 Å². The summed E-state index contributed by atoms with van der Waals surface area (Å²) in [6.45, 7) is 1.57. The number of hydrogen-bond donors (Lipinski definition) is 1. The van der Waals surface area contributed by atoms with Crippen molar-refractivity contribution < 1.29 is 4.74 Å². The highest BCUT2D eigenvalue weighted by Gasteiger charge is 2.18. The summed E-state index contributed by atoms with van der Waals surface area (Å²) in [5, 5.41) is 4.11. The van der Waals surface area contributed by atoms with Crippen molar-refractivity contribution in [3.63, 3.8) is 0 Å². The quantitative estimate of drug-likeness (QED) is 0.636. The zero-order valence-electron chi connectivity index (χ0n) is 6.23. The van der Waals surface area contributed by atoms with Gasteiger partial charge in [-0.25, -0.2) is 4.68 Å². The number of ether oxygens (including phenoxy) is 1. The van der Waals surface area contributed by atoms with E-state index in [1.807, 2.05) is 4.68 Å². The molecule has 0 amide bonds. The van der Waals surface area contributed by atoms with E-state index < -0.39 is 0 Å². The summed E-state index contributed by atoms with van der Waals surface area (Å²) in [6.07, 6.45) is 2.74. The second kappa shape index (κ2) is 2.54. The van der Waals surface area contributed by atoms with Crippen molar-refractivity contribution in [3.8, 4) is 0 Å². The SMILES string of the molecule is Nc1ccnn1C1CCOC1. The van der Waals surface area contributed by atoms with E-state index in [4.69, 9.17) is 10.5 Å². The molecule has 60 valence electrons. The number of nitrogens with zero attached hydrogens (tertiary/aromatic N) is 2. The fourth-order valence-electron chi connectivity index (χ4n) is 1.34. The Kier molecular flexibility index (Phi) is 1.54. The summed E-state index contributed by atoms with van der Waals surface area (Å²) < 4.78 is 7.05. The van der Waals surface area contributed by atoms with E-state index in [-0.39, 0.29) is 0 Å². The van der Waals surface area contributed by atoms with E-state index in [2.05, 4.69) is 5.10 Å². The van der Waals surface area contributed by atoms with Gasteiger partial charge in [-0.3, -0.25) is 0 Å². The molecule has 1 atom stereocenters. The number of anilines is 1. The number of hydrogen-bond acceptors (Lipinski definition) is 3. The highest BCUT2D eigenvalue weighted by Crippen LogP contribution is 2.20. The van der Waals surface area contributed by atoms with Crippen molar-refractivity contribution in [3.05, 3.63) is 12.3 Å². The molecule has 0 aromatic carbocycles. The molecule has 0 spiro atoms. The van der Waals surface area contributed by atoms with Gasteiger partial charge in [0.2, 0.25) is 0 Å². The third-order valence-corrected chi connectivity index (χ3v) is 1.95. The molecule has 0 aliphatic carbocycles. The van der Waals surface area contributed by atoms with Crippen LogP contribution in [0.2, 0.25) is 0 Å². The number of aromatic nitrogens is 2. The van der Waals surface area contributed by atoms with Crippen molar-refractivity contribution in [2.45, 2.75) is 12.5 Å². The van der Waals surface area contributed by atoms with E-state index >= 15 is 0 Å². The molecule has 1 aliphatic rings. The first-order valence-corrected chi connectivity index (χ1v) is 3.74. The van der Waals surface area contributed by atoms with Crippen molar-refractivity contribution in [1.82, 2.24) is 9.78 Å². The van der Waals surface area contributed by atoms with Crippen LogP contribution in [0.4, 0.5) is 5.82 Å². The Morgan fingerprint density at radius 3 is 3.18 bits per heavy atom. The predicted molar refractivity (Wildman–Crippen MR) is 41.1 cm³/mol. The maximum atomic E-state index is 5.67. The summed E-state index contributed by atoms with van der Waals surface area (Å²) in [5.41, 5.74) is 5.67. The topological polar surface area (TPSA) is 53.1 Å². The molecule has 1 unspecified atom stereocenters. The summed E-state index contributed by atoms with van der Waals surface area (Å²) >= 11 is 0. The molecular formula is C7H11N3O. The fourth-order valence-corrected chi connectivity index (χ4v) is 1.34. The largest absolute Gasteiger partial charge is 0.384 e. The normalized spacial score (nSPS) is 24.2. The van der Waals surface area contributed by atoms with Crippen LogP contribution in [0.25, 0.3) is 0 Å². The van der Waals surface area contributed by atoms with Gasteiger partial charge < -0.3 is 10.5 Å². The highest BCUT2D eigenvalue weighted by atomic mass is 16.5. The maximum absolute atomic E-state index is 5.67. The number of rotatable bonds is 1. The lowest BCUT2D eigenvalue weighted by Gasteiger charge is -2.09. The first kappa shape index (κ1) is 6.67. The molecule has 2 N–H and O–H groups in total. The Morgan fingerprint density at radius 1 is 1.73 bits per heavy atom. The predicted octanol–water partition coefficient (Wildman–Crippen LogP) is 0.427. The second-order valence-corrected chi connectivity index (χ2v) is 2.72. The summed E-state index contributed by atoms with van der Waals surface area (Å²) in [5.74, 6) is 0.723. The number of nitrogen functional groups attached to an aromatic ring is 1. The average molecular weight is 153 g/mol. The van der Waals surface area contributed by atoms with Crippen molar-refractivity contribution in [2.24, 2.45) is 0 Å². The average Bonchev–Trinajstić information content (AvgIpc) is 2.55. The van der Waals surface area contributed by atoms with Gasteiger partial charge in [0.15, 0.2) is 0 Å². The third-order valence-electron chi connectivity index (χ3n) is 1.95. The molecule has 0 radical (unpaired) electrons. The number of nitrogens with two attached hydrogens (primary N) is 1. The highest BCUT2D eigenvalue weighted by molar-refractivity contribution is 5.26. The van der Waals surface area contributed by atoms with Gasteiger partial charge in [-0.15, -0.1) is 0 Å².